The van der Waals surface area contributed by atoms with E-state index in [0.29, 0.717) is 38.1 Å². The van der Waals surface area contributed by atoms with Crippen LogP contribution in [-0.4, -0.2) is 38.8 Å². The van der Waals surface area contributed by atoms with Crippen molar-refractivity contribution in [2.45, 2.75) is 38.0 Å². The number of benzene rings is 2. The van der Waals surface area contributed by atoms with Crippen molar-refractivity contribution >= 4 is 11.6 Å². The van der Waals surface area contributed by atoms with E-state index in [-0.39, 0.29) is 5.91 Å². The van der Waals surface area contributed by atoms with E-state index >= 15 is 0 Å². The first-order valence-corrected chi connectivity index (χ1v) is 11.4. The molecule has 164 valence electrons. The number of rotatable bonds is 9. The SMILES string of the molecule is O=C1CCc2ccc(OCCCCNC[C@@H]3C[C@H]3c3cccc4c3OCCO4)cc2N1. The Kier molecular flexibility index (Phi) is 5.98. The third kappa shape index (κ3) is 4.79. The van der Waals surface area contributed by atoms with Crippen molar-refractivity contribution in [2.75, 3.05) is 38.2 Å². The van der Waals surface area contributed by atoms with Gasteiger partial charge in [-0.3, -0.25) is 4.79 Å². The highest BCUT2D eigenvalue weighted by atomic mass is 16.6. The zero-order valence-corrected chi connectivity index (χ0v) is 17.8. The molecule has 2 atom stereocenters. The van der Waals surface area contributed by atoms with Crippen LogP contribution in [0.2, 0.25) is 0 Å². The van der Waals surface area contributed by atoms with Crippen molar-refractivity contribution in [3.63, 3.8) is 0 Å². The standard InChI is InChI=1S/C25H30N2O4/c28-24-9-7-17-6-8-19(15-22(17)27-24)29-11-2-1-10-26-16-18-14-21(18)20-4-3-5-23-25(20)31-13-12-30-23/h3-6,8,15,18,21,26H,1-2,7,9-14,16H2,(H,27,28)/t18-,21+/m0/s1. The first-order chi connectivity index (χ1) is 15.3. The van der Waals surface area contributed by atoms with E-state index in [2.05, 4.69) is 28.8 Å². The molecule has 0 spiro atoms. The van der Waals surface area contributed by atoms with E-state index in [1.165, 1.54) is 17.5 Å². The van der Waals surface area contributed by atoms with Gasteiger partial charge in [0.15, 0.2) is 11.5 Å². The Morgan fingerprint density at radius 1 is 1.10 bits per heavy atom. The van der Waals surface area contributed by atoms with Gasteiger partial charge in [0, 0.05) is 23.7 Å². The molecule has 1 amide bonds. The number of fused-ring (bicyclic) bond motifs is 2. The zero-order chi connectivity index (χ0) is 21.0. The molecule has 0 unspecified atom stereocenters. The molecule has 2 aliphatic heterocycles. The molecular weight excluding hydrogens is 392 g/mol. The second kappa shape index (κ2) is 9.18. The summed E-state index contributed by atoms with van der Waals surface area (Å²) < 4.78 is 17.4. The number of nitrogens with one attached hydrogen (secondary N) is 2. The summed E-state index contributed by atoms with van der Waals surface area (Å²) in [5.41, 5.74) is 3.38. The maximum atomic E-state index is 11.5. The number of hydrogen-bond donors (Lipinski definition) is 2. The summed E-state index contributed by atoms with van der Waals surface area (Å²) >= 11 is 0. The number of ether oxygens (including phenoxy) is 3. The number of aryl methyl sites for hydroxylation is 1. The highest BCUT2D eigenvalue weighted by Gasteiger charge is 2.40. The van der Waals surface area contributed by atoms with Gasteiger partial charge in [-0.25, -0.2) is 0 Å². The molecule has 31 heavy (non-hydrogen) atoms. The molecule has 2 aromatic rings. The minimum atomic E-state index is 0.0848. The molecule has 0 saturated heterocycles. The molecule has 6 heteroatoms. The quantitative estimate of drug-likeness (QED) is 0.600. The van der Waals surface area contributed by atoms with Gasteiger partial charge in [-0.1, -0.05) is 18.2 Å². The van der Waals surface area contributed by atoms with Crippen molar-refractivity contribution in [3.05, 3.63) is 47.5 Å². The monoisotopic (exact) mass is 422 g/mol. The first-order valence-electron chi connectivity index (χ1n) is 11.4. The molecule has 2 heterocycles. The summed E-state index contributed by atoms with van der Waals surface area (Å²) in [6.45, 7) is 4.01. The fraction of sp³-hybridized carbons (Fsp3) is 0.480. The van der Waals surface area contributed by atoms with Crippen LogP contribution >= 0.6 is 0 Å². The molecule has 1 saturated carbocycles. The summed E-state index contributed by atoms with van der Waals surface area (Å²) in [5, 5.41) is 6.52. The van der Waals surface area contributed by atoms with Gasteiger partial charge in [0.25, 0.3) is 0 Å². The number of anilines is 1. The van der Waals surface area contributed by atoms with Crippen LogP contribution in [0.3, 0.4) is 0 Å². The average Bonchev–Trinajstić information content (AvgIpc) is 3.57. The Morgan fingerprint density at radius 3 is 3.00 bits per heavy atom. The van der Waals surface area contributed by atoms with Gasteiger partial charge in [0.05, 0.1) is 6.61 Å². The van der Waals surface area contributed by atoms with E-state index in [1.807, 2.05) is 18.2 Å². The van der Waals surface area contributed by atoms with Gasteiger partial charge in [-0.2, -0.15) is 0 Å². The van der Waals surface area contributed by atoms with E-state index in [4.69, 9.17) is 14.2 Å². The van der Waals surface area contributed by atoms with Crippen LogP contribution in [0.15, 0.2) is 36.4 Å². The summed E-state index contributed by atoms with van der Waals surface area (Å²) in [6.07, 6.45) is 4.67. The van der Waals surface area contributed by atoms with Crippen LogP contribution < -0.4 is 24.8 Å². The van der Waals surface area contributed by atoms with E-state index in [9.17, 15) is 4.79 Å². The lowest BCUT2D eigenvalue weighted by Gasteiger charge is -2.21. The molecule has 3 aliphatic rings. The second-order valence-corrected chi connectivity index (χ2v) is 8.60. The number of para-hydroxylation sites is 1. The van der Waals surface area contributed by atoms with E-state index < -0.39 is 0 Å². The zero-order valence-electron chi connectivity index (χ0n) is 17.8. The lowest BCUT2D eigenvalue weighted by atomic mass is 10.0. The summed E-state index contributed by atoms with van der Waals surface area (Å²) in [5.74, 6) is 4.02. The molecule has 0 bridgehead atoms. The smallest absolute Gasteiger partial charge is 0.224 e. The minimum Gasteiger partial charge on any atom is -0.494 e. The Bertz CT molecular complexity index is 945. The van der Waals surface area contributed by atoms with Crippen molar-refractivity contribution in [1.29, 1.82) is 0 Å². The maximum Gasteiger partial charge on any atom is 0.224 e. The van der Waals surface area contributed by atoms with E-state index in [0.717, 1.165) is 55.3 Å². The van der Waals surface area contributed by atoms with Gasteiger partial charge >= 0.3 is 0 Å². The Labute approximate surface area is 183 Å². The summed E-state index contributed by atoms with van der Waals surface area (Å²) in [6, 6.07) is 12.2. The normalized spacial score (nSPS) is 21.2. The van der Waals surface area contributed by atoms with Crippen LogP contribution in [0, 0.1) is 5.92 Å². The molecule has 1 aliphatic carbocycles. The van der Waals surface area contributed by atoms with Crippen LogP contribution in [0.4, 0.5) is 5.69 Å². The lowest BCUT2D eigenvalue weighted by Crippen LogP contribution is -2.20. The molecule has 1 fully saturated rings. The largest absolute Gasteiger partial charge is 0.494 e. The molecule has 2 aromatic carbocycles. The maximum absolute atomic E-state index is 11.5. The topological polar surface area (TPSA) is 68.8 Å². The highest BCUT2D eigenvalue weighted by molar-refractivity contribution is 5.94. The highest BCUT2D eigenvalue weighted by Crippen LogP contribution is 2.52. The lowest BCUT2D eigenvalue weighted by molar-refractivity contribution is -0.116. The van der Waals surface area contributed by atoms with Crippen molar-refractivity contribution in [1.82, 2.24) is 5.32 Å². The van der Waals surface area contributed by atoms with Gasteiger partial charge in [-0.15, -0.1) is 0 Å². The Morgan fingerprint density at radius 2 is 2.03 bits per heavy atom. The van der Waals surface area contributed by atoms with Gasteiger partial charge < -0.3 is 24.8 Å². The van der Waals surface area contributed by atoms with Crippen molar-refractivity contribution in [3.8, 4) is 17.2 Å². The van der Waals surface area contributed by atoms with Gasteiger partial charge in [0.1, 0.15) is 19.0 Å². The number of unbranched alkanes of at least 4 members (excludes halogenated alkanes) is 1. The van der Waals surface area contributed by atoms with Crippen molar-refractivity contribution < 1.29 is 19.0 Å². The average molecular weight is 423 g/mol. The molecule has 0 aromatic heterocycles. The third-order valence-corrected chi connectivity index (χ3v) is 6.32. The van der Waals surface area contributed by atoms with Gasteiger partial charge in [0.2, 0.25) is 5.91 Å². The number of carbonyl (C=O) groups is 1. The Balaban J connectivity index is 0.984. The molecular formula is C25H30N2O4. The molecule has 6 nitrogen and oxygen atoms in total. The van der Waals surface area contributed by atoms with Crippen LogP contribution in [0.25, 0.3) is 0 Å². The van der Waals surface area contributed by atoms with Crippen LogP contribution in [0.1, 0.15) is 42.7 Å². The Hall–Kier alpha value is -2.73. The molecule has 2 N–H and O–H groups in total. The first kappa shape index (κ1) is 20.2. The predicted molar refractivity (Wildman–Crippen MR) is 119 cm³/mol. The second-order valence-electron chi connectivity index (χ2n) is 8.60. The third-order valence-electron chi connectivity index (χ3n) is 6.32. The van der Waals surface area contributed by atoms with Crippen LogP contribution in [-0.2, 0) is 11.2 Å². The molecule has 5 rings (SSSR count). The minimum absolute atomic E-state index is 0.0848. The van der Waals surface area contributed by atoms with Crippen LogP contribution in [0.5, 0.6) is 17.2 Å². The van der Waals surface area contributed by atoms with Crippen molar-refractivity contribution in [2.24, 2.45) is 5.92 Å². The number of carbonyl (C=O) groups excluding carboxylic acids is 1. The fourth-order valence-electron chi connectivity index (χ4n) is 4.51. The van der Waals surface area contributed by atoms with Gasteiger partial charge in [-0.05, 0) is 68.3 Å². The predicted octanol–water partition coefficient (Wildman–Crippen LogP) is 3.89. The summed E-state index contributed by atoms with van der Waals surface area (Å²) in [4.78, 5) is 11.5. The fourth-order valence-corrected chi connectivity index (χ4v) is 4.51. The van der Waals surface area contributed by atoms with E-state index in [1.54, 1.807) is 0 Å². The summed E-state index contributed by atoms with van der Waals surface area (Å²) in [7, 11) is 0. The molecule has 0 radical (unpaired) electrons. The number of hydrogen-bond acceptors (Lipinski definition) is 5. The number of amides is 1.